The van der Waals surface area contributed by atoms with Crippen molar-refractivity contribution in [3.8, 4) is 0 Å². The van der Waals surface area contributed by atoms with E-state index in [9.17, 15) is 14.0 Å². The van der Waals surface area contributed by atoms with Crippen molar-refractivity contribution in [2.75, 3.05) is 38.0 Å². The molecule has 1 fully saturated rings. The van der Waals surface area contributed by atoms with E-state index >= 15 is 0 Å². The summed E-state index contributed by atoms with van der Waals surface area (Å²) in [4.78, 5) is 27.9. The summed E-state index contributed by atoms with van der Waals surface area (Å²) in [7, 11) is 0. The van der Waals surface area contributed by atoms with Crippen LogP contribution in [0.4, 0.5) is 10.1 Å². The number of amides is 2. The molecule has 0 saturated carbocycles. The Morgan fingerprint density at radius 2 is 1.92 bits per heavy atom. The third-order valence-corrected chi connectivity index (χ3v) is 4.27. The first-order valence-electron chi connectivity index (χ1n) is 8.13. The van der Waals surface area contributed by atoms with Gasteiger partial charge in [0.1, 0.15) is 5.82 Å². The lowest BCUT2D eigenvalue weighted by Gasteiger charge is -2.35. The largest absolute Gasteiger partial charge is 0.340 e. The van der Waals surface area contributed by atoms with Crippen molar-refractivity contribution < 1.29 is 14.0 Å². The van der Waals surface area contributed by atoms with E-state index in [1.165, 1.54) is 18.2 Å². The Bertz CT molecular complexity index is 601. The first-order valence-corrected chi connectivity index (χ1v) is 8.50. The fourth-order valence-electron chi connectivity index (χ4n) is 2.62. The Balaban J connectivity index is 1.74. The van der Waals surface area contributed by atoms with Gasteiger partial charge in [-0.25, -0.2) is 4.39 Å². The number of piperazine rings is 1. The van der Waals surface area contributed by atoms with Crippen LogP contribution in [0.2, 0.25) is 5.02 Å². The number of nitrogens with zero attached hydrogens (tertiary/aromatic N) is 2. The molecule has 1 aromatic carbocycles. The van der Waals surface area contributed by atoms with Crippen molar-refractivity contribution >= 4 is 29.1 Å². The lowest BCUT2D eigenvalue weighted by atomic mass is 10.1. The van der Waals surface area contributed by atoms with Gasteiger partial charge in [-0.1, -0.05) is 25.4 Å². The Morgan fingerprint density at radius 3 is 2.50 bits per heavy atom. The van der Waals surface area contributed by atoms with Gasteiger partial charge in [-0.05, 0) is 18.2 Å². The number of rotatable bonds is 5. The molecule has 132 valence electrons. The number of hydrogen-bond donors (Lipinski definition) is 1. The molecule has 1 aliphatic rings. The maximum atomic E-state index is 13.6. The summed E-state index contributed by atoms with van der Waals surface area (Å²) in [5, 5.41) is 2.85. The molecule has 1 N–H and O–H groups in total. The van der Waals surface area contributed by atoms with E-state index in [0.29, 0.717) is 24.7 Å². The van der Waals surface area contributed by atoms with Gasteiger partial charge in [-0.3, -0.25) is 14.5 Å². The summed E-state index contributed by atoms with van der Waals surface area (Å²) < 4.78 is 13.6. The van der Waals surface area contributed by atoms with E-state index in [1.807, 2.05) is 18.7 Å². The van der Waals surface area contributed by atoms with Crippen LogP contribution in [0.15, 0.2) is 18.2 Å². The SMILES string of the molecule is CC(C)C(=O)N1CCN(CCC(=O)Nc2ccc(Cl)cc2F)CC1. The van der Waals surface area contributed by atoms with Crippen molar-refractivity contribution in [2.24, 2.45) is 5.92 Å². The number of carbonyl (C=O) groups is 2. The van der Waals surface area contributed by atoms with E-state index in [2.05, 4.69) is 10.2 Å². The molecule has 5 nitrogen and oxygen atoms in total. The summed E-state index contributed by atoms with van der Waals surface area (Å²) in [5.74, 6) is -0.601. The molecule has 2 rings (SSSR count). The van der Waals surface area contributed by atoms with E-state index in [-0.39, 0.29) is 29.8 Å². The van der Waals surface area contributed by atoms with Gasteiger partial charge in [0.25, 0.3) is 0 Å². The smallest absolute Gasteiger partial charge is 0.225 e. The molecule has 0 aliphatic carbocycles. The van der Waals surface area contributed by atoms with Crippen LogP contribution in [0.3, 0.4) is 0 Å². The van der Waals surface area contributed by atoms with Crippen molar-refractivity contribution in [3.05, 3.63) is 29.0 Å². The fraction of sp³-hybridized carbons (Fsp3) is 0.529. The summed E-state index contributed by atoms with van der Waals surface area (Å²) >= 11 is 5.68. The van der Waals surface area contributed by atoms with Crippen molar-refractivity contribution in [3.63, 3.8) is 0 Å². The number of nitrogens with one attached hydrogen (secondary N) is 1. The van der Waals surface area contributed by atoms with Gasteiger partial charge in [0.2, 0.25) is 11.8 Å². The van der Waals surface area contributed by atoms with Gasteiger partial charge < -0.3 is 10.2 Å². The predicted molar refractivity (Wildman–Crippen MR) is 92.5 cm³/mol. The van der Waals surface area contributed by atoms with Gasteiger partial charge in [0, 0.05) is 50.1 Å². The second-order valence-electron chi connectivity index (χ2n) is 6.24. The van der Waals surface area contributed by atoms with Gasteiger partial charge >= 0.3 is 0 Å². The fourth-order valence-corrected chi connectivity index (χ4v) is 2.78. The van der Waals surface area contributed by atoms with Crippen LogP contribution >= 0.6 is 11.6 Å². The first-order chi connectivity index (χ1) is 11.4. The number of carbonyl (C=O) groups excluding carboxylic acids is 2. The molecule has 1 aromatic rings. The lowest BCUT2D eigenvalue weighted by Crippen LogP contribution is -2.50. The minimum absolute atomic E-state index is 0.0107. The van der Waals surface area contributed by atoms with Crippen molar-refractivity contribution in [2.45, 2.75) is 20.3 Å². The minimum atomic E-state index is -0.545. The van der Waals surface area contributed by atoms with Crippen LogP contribution < -0.4 is 5.32 Å². The quantitative estimate of drug-likeness (QED) is 0.883. The molecule has 24 heavy (non-hydrogen) atoms. The molecule has 1 aliphatic heterocycles. The topological polar surface area (TPSA) is 52.7 Å². The van der Waals surface area contributed by atoms with Crippen LogP contribution in [0.5, 0.6) is 0 Å². The molecule has 0 radical (unpaired) electrons. The highest BCUT2D eigenvalue weighted by atomic mass is 35.5. The average molecular weight is 356 g/mol. The molecule has 0 spiro atoms. The predicted octanol–water partition coefficient (Wildman–Crippen LogP) is 2.61. The maximum Gasteiger partial charge on any atom is 0.225 e. The van der Waals surface area contributed by atoms with Crippen LogP contribution in [0, 0.1) is 11.7 Å². The van der Waals surface area contributed by atoms with Gasteiger partial charge in [0.05, 0.1) is 5.69 Å². The van der Waals surface area contributed by atoms with Crippen LogP contribution in [0.1, 0.15) is 20.3 Å². The molecule has 0 unspecified atom stereocenters. The van der Waals surface area contributed by atoms with E-state index in [1.54, 1.807) is 0 Å². The summed E-state index contributed by atoms with van der Waals surface area (Å²) in [6.07, 6.45) is 0.278. The summed E-state index contributed by atoms with van der Waals surface area (Å²) in [5.41, 5.74) is 0.136. The molecule has 7 heteroatoms. The Morgan fingerprint density at radius 1 is 1.25 bits per heavy atom. The highest BCUT2D eigenvalue weighted by Crippen LogP contribution is 2.19. The summed E-state index contributed by atoms with van der Waals surface area (Å²) in [6.45, 7) is 7.26. The number of halogens is 2. The molecule has 0 aromatic heterocycles. The standard InChI is InChI=1S/C17H23ClFN3O2/c1-12(2)17(24)22-9-7-21(8-10-22)6-5-16(23)20-15-4-3-13(18)11-14(15)19/h3-4,11-12H,5-10H2,1-2H3,(H,20,23). The highest BCUT2D eigenvalue weighted by molar-refractivity contribution is 6.30. The van der Waals surface area contributed by atoms with Crippen LogP contribution in [-0.4, -0.2) is 54.3 Å². The zero-order chi connectivity index (χ0) is 17.7. The van der Waals surface area contributed by atoms with Gasteiger partial charge in [-0.2, -0.15) is 0 Å². The monoisotopic (exact) mass is 355 g/mol. The zero-order valence-corrected chi connectivity index (χ0v) is 14.8. The van der Waals surface area contributed by atoms with Crippen molar-refractivity contribution in [1.82, 2.24) is 9.80 Å². The second-order valence-corrected chi connectivity index (χ2v) is 6.68. The molecule has 0 atom stereocenters. The van der Waals surface area contributed by atoms with Crippen molar-refractivity contribution in [1.29, 1.82) is 0 Å². The highest BCUT2D eigenvalue weighted by Gasteiger charge is 2.22. The molecule has 2 amide bonds. The zero-order valence-electron chi connectivity index (χ0n) is 14.0. The molecular weight excluding hydrogens is 333 g/mol. The Labute approximate surface area is 146 Å². The van der Waals surface area contributed by atoms with Gasteiger partial charge in [-0.15, -0.1) is 0 Å². The third kappa shape index (κ3) is 5.18. The number of anilines is 1. The minimum Gasteiger partial charge on any atom is -0.340 e. The van der Waals surface area contributed by atoms with Gasteiger partial charge in [0.15, 0.2) is 0 Å². The molecule has 1 saturated heterocycles. The molecule has 0 bridgehead atoms. The Kier molecular flexibility index (Phi) is 6.57. The maximum absolute atomic E-state index is 13.6. The third-order valence-electron chi connectivity index (χ3n) is 4.04. The molecular formula is C17H23ClFN3O2. The number of hydrogen-bond acceptors (Lipinski definition) is 3. The normalized spacial score (nSPS) is 15.6. The van der Waals surface area contributed by atoms with E-state index in [0.717, 1.165) is 13.1 Å². The average Bonchev–Trinajstić information content (AvgIpc) is 2.55. The van der Waals surface area contributed by atoms with Crippen LogP contribution in [0.25, 0.3) is 0 Å². The number of benzene rings is 1. The summed E-state index contributed by atoms with van der Waals surface area (Å²) in [6, 6.07) is 4.15. The first kappa shape index (κ1) is 18.7. The lowest BCUT2D eigenvalue weighted by molar-refractivity contribution is -0.136. The van der Waals surface area contributed by atoms with E-state index in [4.69, 9.17) is 11.6 Å². The molecule has 1 heterocycles. The second kappa shape index (κ2) is 8.44. The van der Waals surface area contributed by atoms with Crippen LogP contribution in [-0.2, 0) is 9.59 Å². The van der Waals surface area contributed by atoms with E-state index < -0.39 is 5.82 Å². The Hall–Kier alpha value is -1.66.